The van der Waals surface area contributed by atoms with Crippen molar-refractivity contribution in [2.75, 3.05) is 31.1 Å². The summed E-state index contributed by atoms with van der Waals surface area (Å²) in [5.74, 6) is 1.04. The normalized spacial score (nSPS) is 18.3. The first-order valence-electron chi connectivity index (χ1n) is 7.65. The zero-order chi connectivity index (χ0) is 14.5. The predicted octanol–water partition coefficient (Wildman–Crippen LogP) is 3.00. The van der Waals surface area contributed by atoms with Gasteiger partial charge in [0.15, 0.2) is 0 Å². The lowest BCUT2D eigenvalue weighted by Crippen LogP contribution is -2.50. The van der Waals surface area contributed by atoms with Crippen LogP contribution in [0, 0.1) is 0 Å². The molecule has 0 radical (unpaired) electrons. The standard InChI is InChI=1S/C15H25ClN4/c1-4-6-13-14(16)17-11-18-15(13)20-9-7-19(8-10-20)12(3)5-2/h11-12H,4-10H2,1-3H3. The Morgan fingerprint density at radius 2 is 1.90 bits per heavy atom. The van der Waals surface area contributed by atoms with E-state index in [1.807, 2.05) is 0 Å². The van der Waals surface area contributed by atoms with Crippen LogP contribution in [0.15, 0.2) is 6.33 Å². The molecule has 0 aliphatic carbocycles. The highest BCUT2D eigenvalue weighted by Crippen LogP contribution is 2.26. The van der Waals surface area contributed by atoms with E-state index in [1.54, 1.807) is 6.33 Å². The highest BCUT2D eigenvalue weighted by atomic mass is 35.5. The van der Waals surface area contributed by atoms with Crippen LogP contribution < -0.4 is 4.90 Å². The molecule has 20 heavy (non-hydrogen) atoms. The summed E-state index contributed by atoms with van der Waals surface area (Å²) in [7, 11) is 0. The van der Waals surface area contributed by atoms with E-state index in [1.165, 1.54) is 6.42 Å². The van der Waals surface area contributed by atoms with Gasteiger partial charge in [0, 0.05) is 37.8 Å². The van der Waals surface area contributed by atoms with Crippen molar-refractivity contribution in [1.29, 1.82) is 0 Å². The van der Waals surface area contributed by atoms with Crippen molar-refractivity contribution in [3.05, 3.63) is 17.0 Å². The van der Waals surface area contributed by atoms with E-state index in [2.05, 4.69) is 40.5 Å². The van der Waals surface area contributed by atoms with Crippen LogP contribution in [-0.2, 0) is 6.42 Å². The Morgan fingerprint density at radius 1 is 1.20 bits per heavy atom. The number of piperazine rings is 1. The predicted molar refractivity (Wildman–Crippen MR) is 84.6 cm³/mol. The zero-order valence-electron chi connectivity index (χ0n) is 12.8. The van der Waals surface area contributed by atoms with E-state index in [-0.39, 0.29) is 0 Å². The van der Waals surface area contributed by atoms with Crippen molar-refractivity contribution < 1.29 is 0 Å². The Balaban J connectivity index is 2.09. The SMILES string of the molecule is CCCc1c(Cl)ncnc1N1CCN(C(C)CC)CC1. The maximum atomic E-state index is 6.24. The van der Waals surface area contributed by atoms with Crippen LogP contribution in [0.5, 0.6) is 0 Å². The van der Waals surface area contributed by atoms with Gasteiger partial charge in [-0.3, -0.25) is 4.90 Å². The smallest absolute Gasteiger partial charge is 0.137 e. The first-order valence-corrected chi connectivity index (χ1v) is 8.03. The maximum absolute atomic E-state index is 6.24. The third-order valence-electron chi connectivity index (χ3n) is 4.20. The summed E-state index contributed by atoms with van der Waals surface area (Å²) in [4.78, 5) is 13.5. The van der Waals surface area contributed by atoms with Gasteiger partial charge in [-0.2, -0.15) is 0 Å². The van der Waals surface area contributed by atoms with Crippen LogP contribution in [-0.4, -0.2) is 47.1 Å². The maximum Gasteiger partial charge on any atom is 0.137 e. The molecular weight excluding hydrogens is 272 g/mol. The fraction of sp³-hybridized carbons (Fsp3) is 0.733. The molecule has 4 nitrogen and oxygen atoms in total. The number of hydrogen-bond donors (Lipinski definition) is 0. The minimum absolute atomic E-state index is 0.612. The number of halogens is 1. The summed E-state index contributed by atoms with van der Waals surface area (Å²) < 4.78 is 0. The summed E-state index contributed by atoms with van der Waals surface area (Å²) in [6.07, 6.45) is 4.80. The van der Waals surface area contributed by atoms with Crippen LogP contribution in [0.4, 0.5) is 5.82 Å². The number of aromatic nitrogens is 2. The quantitative estimate of drug-likeness (QED) is 0.782. The minimum Gasteiger partial charge on any atom is -0.354 e. The van der Waals surface area contributed by atoms with Gasteiger partial charge in [-0.15, -0.1) is 0 Å². The molecule has 1 saturated heterocycles. The van der Waals surface area contributed by atoms with Gasteiger partial charge in [-0.25, -0.2) is 9.97 Å². The van der Waals surface area contributed by atoms with Crippen LogP contribution in [0.25, 0.3) is 0 Å². The number of anilines is 1. The number of nitrogens with zero attached hydrogens (tertiary/aromatic N) is 4. The summed E-state index contributed by atoms with van der Waals surface area (Å²) in [5.41, 5.74) is 1.11. The minimum atomic E-state index is 0.612. The van der Waals surface area contributed by atoms with E-state index in [4.69, 9.17) is 11.6 Å². The molecule has 0 spiro atoms. The van der Waals surface area contributed by atoms with Crippen molar-refractivity contribution in [2.24, 2.45) is 0 Å². The highest BCUT2D eigenvalue weighted by Gasteiger charge is 2.23. The average molecular weight is 297 g/mol. The molecule has 1 aliphatic heterocycles. The Hall–Kier alpha value is -0.870. The monoisotopic (exact) mass is 296 g/mol. The lowest BCUT2D eigenvalue weighted by molar-refractivity contribution is 0.192. The summed E-state index contributed by atoms with van der Waals surface area (Å²) in [6, 6.07) is 0.668. The highest BCUT2D eigenvalue weighted by molar-refractivity contribution is 6.30. The molecular formula is C15H25ClN4. The lowest BCUT2D eigenvalue weighted by Gasteiger charge is -2.39. The Kier molecular flexibility index (Phi) is 5.61. The first-order chi connectivity index (χ1) is 9.67. The van der Waals surface area contributed by atoms with Gasteiger partial charge < -0.3 is 4.90 Å². The van der Waals surface area contributed by atoms with Crippen LogP contribution in [0.1, 0.15) is 39.2 Å². The van der Waals surface area contributed by atoms with Gasteiger partial charge in [0.2, 0.25) is 0 Å². The summed E-state index contributed by atoms with van der Waals surface area (Å²) in [6.45, 7) is 11.0. The zero-order valence-corrected chi connectivity index (χ0v) is 13.5. The molecule has 2 rings (SSSR count). The van der Waals surface area contributed by atoms with Gasteiger partial charge in [0.25, 0.3) is 0 Å². The van der Waals surface area contributed by atoms with Gasteiger partial charge in [-0.1, -0.05) is 31.9 Å². The Bertz CT molecular complexity index is 430. The topological polar surface area (TPSA) is 32.3 Å². The second-order valence-electron chi connectivity index (χ2n) is 5.50. The first kappa shape index (κ1) is 15.5. The van der Waals surface area contributed by atoms with Crippen LogP contribution in [0.3, 0.4) is 0 Å². The molecule has 0 amide bonds. The largest absolute Gasteiger partial charge is 0.354 e. The van der Waals surface area contributed by atoms with Gasteiger partial charge in [0.1, 0.15) is 17.3 Å². The number of rotatable bonds is 5. The van der Waals surface area contributed by atoms with E-state index < -0.39 is 0 Å². The lowest BCUT2D eigenvalue weighted by atomic mass is 10.1. The second-order valence-corrected chi connectivity index (χ2v) is 5.85. The molecule has 0 N–H and O–H groups in total. The molecule has 2 heterocycles. The molecule has 0 saturated carbocycles. The molecule has 5 heteroatoms. The van der Waals surface area contributed by atoms with Crippen molar-refractivity contribution in [3.63, 3.8) is 0 Å². The average Bonchev–Trinajstić information content (AvgIpc) is 2.49. The molecule has 1 aromatic rings. The van der Waals surface area contributed by atoms with Crippen molar-refractivity contribution in [3.8, 4) is 0 Å². The third kappa shape index (κ3) is 3.41. The molecule has 1 atom stereocenters. The fourth-order valence-electron chi connectivity index (χ4n) is 2.75. The molecule has 1 unspecified atom stereocenters. The van der Waals surface area contributed by atoms with Gasteiger partial charge >= 0.3 is 0 Å². The van der Waals surface area contributed by atoms with Gasteiger partial charge in [0.05, 0.1) is 0 Å². The molecule has 1 aromatic heterocycles. The molecule has 0 bridgehead atoms. The molecule has 1 aliphatic rings. The third-order valence-corrected chi connectivity index (χ3v) is 4.52. The van der Waals surface area contributed by atoms with Crippen LogP contribution in [0.2, 0.25) is 5.15 Å². The molecule has 0 aromatic carbocycles. The molecule has 1 fully saturated rings. The second kappa shape index (κ2) is 7.23. The van der Waals surface area contributed by atoms with E-state index in [9.17, 15) is 0 Å². The molecule has 112 valence electrons. The van der Waals surface area contributed by atoms with E-state index in [0.717, 1.165) is 50.4 Å². The van der Waals surface area contributed by atoms with Gasteiger partial charge in [-0.05, 0) is 19.8 Å². The van der Waals surface area contributed by atoms with Crippen molar-refractivity contribution in [2.45, 2.75) is 46.1 Å². The van der Waals surface area contributed by atoms with Crippen molar-refractivity contribution in [1.82, 2.24) is 14.9 Å². The Morgan fingerprint density at radius 3 is 2.50 bits per heavy atom. The summed E-state index contributed by atoms with van der Waals surface area (Å²) >= 11 is 6.24. The fourth-order valence-corrected chi connectivity index (χ4v) is 2.98. The van der Waals surface area contributed by atoms with Crippen molar-refractivity contribution >= 4 is 17.4 Å². The van der Waals surface area contributed by atoms with Crippen LogP contribution >= 0.6 is 11.6 Å². The van der Waals surface area contributed by atoms with E-state index in [0.29, 0.717) is 11.2 Å². The number of hydrogen-bond acceptors (Lipinski definition) is 4. The van der Waals surface area contributed by atoms with E-state index >= 15 is 0 Å². The Labute approximate surface area is 127 Å². The summed E-state index contributed by atoms with van der Waals surface area (Å²) in [5, 5.41) is 0.612.